The van der Waals surface area contributed by atoms with Gasteiger partial charge in [-0.1, -0.05) is 6.07 Å². The number of carboxylic acids is 1. The second-order valence-electron chi connectivity index (χ2n) is 6.68. The Bertz CT molecular complexity index is 1050. The Morgan fingerprint density at radius 1 is 1.06 bits per heavy atom. The van der Waals surface area contributed by atoms with Crippen LogP contribution in [-0.2, 0) is 9.59 Å². The van der Waals surface area contributed by atoms with Crippen molar-refractivity contribution in [1.29, 1.82) is 0 Å². The second-order valence-corrected chi connectivity index (χ2v) is 7.67. The first kappa shape index (κ1) is 23.2. The van der Waals surface area contributed by atoms with Crippen LogP contribution in [0.5, 0.6) is 17.2 Å². The Morgan fingerprint density at radius 2 is 1.75 bits per heavy atom. The zero-order chi connectivity index (χ0) is 23.3. The number of carbonyl (C=O) groups excluding carboxylic acids is 2. The van der Waals surface area contributed by atoms with E-state index in [2.05, 4.69) is 0 Å². The van der Waals surface area contributed by atoms with Crippen molar-refractivity contribution in [1.82, 2.24) is 0 Å². The number of benzene rings is 2. The lowest BCUT2D eigenvalue weighted by molar-refractivity contribution is -0.144. The van der Waals surface area contributed by atoms with Gasteiger partial charge in [0.2, 0.25) is 0 Å². The Balaban J connectivity index is 1.84. The van der Waals surface area contributed by atoms with Gasteiger partial charge in [0, 0.05) is 0 Å². The zero-order valence-corrected chi connectivity index (χ0v) is 18.7. The number of amides is 2. The summed E-state index contributed by atoms with van der Waals surface area (Å²) in [6.45, 7) is 5.95. The quantitative estimate of drug-likeness (QED) is 0.546. The largest absolute Gasteiger partial charge is 0.494 e. The van der Waals surface area contributed by atoms with E-state index in [1.54, 1.807) is 55.5 Å². The van der Waals surface area contributed by atoms with Gasteiger partial charge < -0.3 is 19.3 Å². The third kappa shape index (κ3) is 5.23. The summed E-state index contributed by atoms with van der Waals surface area (Å²) in [5.74, 6) is -0.246. The summed E-state index contributed by atoms with van der Waals surface area (Å²) in [5, 5.41) is 8.67. The topological polar surface area (TPSA) is 102 Å². The van der Waals surface area contributed by atoms with E-state index < -0.39 is 23.2 Å². The van der Waals surface area contributed by atoms with Crippen LogP contribution < -0.4 is 19.1 Å². The monoisotopic (exact) mass is 457 g/mol. The lowest BCUT2D eigenvalue weighted by Gasteiger charge is -2.15. The van der Waals surface area contributed by atoms with Crippen molar-refractivity contribution in [3.8, 4) is 17.2 Å². The average Bonchev–Trinajstić information content (AvgIpc) is 3.03. The number of hydrogen-bond donors (Lipinski definition) is 1. The molecule has 1 fully saturated rings. The number of carboxylic acid groups (broad SMARTS) is 1. The molecule has 2 aromatic rings. The lowest BCUT2D eigenvalue weighted by atomic mass is 10.1. The maximum atomic E-state index is 12.9. The van der Waals surface area contributed by atoms with Gasteiger partial charge in [-0.3, -0.25) is 9.59 Å². The minimum absolute atomic E-state index is 0.263. The van der Waals surface area contributed by atoms with Crippen LogP contribution in [-0.4, -0.2) is 41.5 Å². The van der Waals surface area contributed by atoms with Crippen LogP contribution in [0.15, 0.2) is 47.4 Å². The maximum Gasteiger partial charge on any atom is 0.344 e. The van der Waals surface area contributed by atoms with Gasteiger partial charge in [-0.15, -0.1) is 0 Å². The predicted octanol–water partition coefficient (Wildman–Crippen LogP) is 4.58. The van der Waals surface area contributed by atoms with Crippen LogP contribution in [0.2, 0.25) is 0 Å². The van der Waals surface area contributed by atoms with Crippen LogP contribution in [0.1, 0.15) is 26.3 Å². The highest BCUT2D eigenvalue weighted by molar-refractivity contribution is 8.19. The zero-order valence-electron chi connectivity index (χ0n) is 17.9. The van der Waals surface area contributed by atoms with Crippen LogP contribution in [0, 0.1) is 0 Å². The van der Waals surface area contributed by atoms with E-state index in [1.165, 1.54) is 6.92 Å². The van der Waals surface area contributed by atoms with Crippen molar-refractivity contribution in [2.75, 3.05) is 18.1 Å². The molecular weight excluding hydrogens is 434 g/mol. The summed E-state index contributed by atoms with van der Waals surface area (Å²) < 4.78 is 16.4. The van der Waals surface area contributed by atoms with Gasteiger partial charge in [0.05, 0.1) is 23.8 Å². The highest BCUT2D eigenvalue weighted by Gasteiger charge is 2.36. The number of hydrogen-bond acceptors (Lipinski definition) is 7. The van der Waals surface area contributed by atoms with Crippen molar-refractivity contribution in [3.63, 3.8) is 0 Å². The molecule has 2 amide bonds. The van der Waals surface area contributed by atoms with E-state index in [0.717, 1.165) is 16.7 Å². The molecule has 1 unspecified atom stereocenters. The Morgan fingerprint density at radius 3 is 2.38 bits per heavy atom. The Labute approximate surface area is 189 Å². The molecule has 1 saturated heterocycles. The summed E-state index contributed by atoms with van der Waals surface area (Å²) in [7, 11) is 0. The number of ether oxygens (including phenoxy) is 3. The standard InChI is InChI=1S/C23H23NO7S/c1-4-29-17-9-7-16(8-10-17)24-21(25)20(32-23(24)28)13-15-6-11-18(19(12-15)30-5-2)31-14(3)22(26)27/h6-14H,4-5H2,1-3H3,(H,26,27)/b20-13+. The molecule has 0 radical (unpaired) electrons. The second kappa shape index (κ2) is 10.2. The van der Waals surface area contributed by atoms with Crippen molar-refractivity contribution < 1.29 is 33.7 Å². The molecule has 2 aromatic carbocycles. The van der Waals surface area contributed by atoms with E-state index in [1.807, 2.05) is 6.92 Å². The number of anilines is 1. The first-order valence-corrected chi connectivity index (χ1v) is 10.8. The van der Waals surface area contributed by atoms with E-state index in [4.69, 9.17) is 19.3 Å². The van der Waals surface area contributed by atoms with Gasteiger partial charge in [-0.05, 0) is 80.6 Å². The van der Waals surface area contributed by atoms with Crippen molar-refractivity contribution in [2.24, 2.45) is 0 Å². The Hall–Kier alpha value is -3.46. The number of aliphatic carboxylic acids is 1. The highest BCUT2D eigenvalue weighted by atomic mass is 32.2. The normalized spacial score (nSPS) is 15.7. The average molecular weight is 458 g/mol. The van der Waals surface area contributed by atoms with Crippen molar-refractivity contribution in [3.05, 3.63) is 52.9 Å². The van der Waals surface area contributed by atoms with Gasteiger partial charge in [0.1, 0.15) is 5.75 Å². The predicted molar refractivity (Wildman–Crippen MR) is 121 cm³/mol. The summed E-state index contributed by atoms with van der Waals surface area (Å²) in [6.07, 6.45) is 0.539. The molecule has 0 bridgehead atoms. The number of nitrogens with zero attached hydrogens (tertiary/aromatic N) is 1. The molecule has 1 atom stereocenters. The van der Waals surface area contributed by atoms with Crippen molar-refractivity contribution >= 4 is 40.6 Å². The van der Waals surface area contributed by atoms with E-state index in [9.17, 15) is 14.4 Å². The van der Waals surface area contributed by atoms with Crippen molar-refractivity contribution in [2.45, 2.75) is 26.9 Å². The fourth-order valence-corrected chi connectivity index (χ4v) is 3.76. The molecule has 3 rings (SSSR count). The van der Waals surface area contributed by atoms with Crippen LogP contribution >= 0.6 is 11.8 Å². The molecular formula is C23H23NO7S. The first-order valence-electron chi connectivity index (χ1n) is 10.0. The molecule has 1 aliphatic rings. The summed E-state index contributed by atoms with van der Waals surface area (Å²) in [6, 6.07) is 11.6. The van der Waals surface area contributed by atoms with E-state index >= 15 is 0 Å². The van der Waals surface area contributed by atoms with Crippen LogP contribution in [0.25, 0.3) is 6.08 Å². The van der Waals surface area contributed by atoms with Gasteiger partial charge in [-0.25, -0.2) is 9.69 Å². The van der Waals surface area contributed by atoms with Gasteiger partial charge in [-0.2, -0.15) is 0 Å². The number of rotatable bonds is 9. The van der Waals surface area contributed by atoms with Crippen LogP contribution in [0.4, 0.5) is 10.5 Å². The highest BCUT2D eigenvalue weighted by Crippen LogP contribution is 2.37. The van der Waals surface area contributed by atoms with Gasteiger partial charge in [0.25, 0.3) is 11.1 Å². The molecule has 168 valence electrons. The fraction of sp³-hybridized carbons (Fsp3) is 0.261. The molecule has 8 nitrogen and oxygen atoms in total. The molecule has 1 aliphatic heterocycles. The number of carbonyl (C=O) groups is 3. The number of thioether (sulfide) groups is 1. The third-order valence-electron chi connectivity index (χ3n) is 4.42. The molecule has 9 heteroatoms. The molecule has 1 N–H and O–H groups in total. The lowest BCUT2D eigenvalue weighted by Crippen LogP contribution is -2.27. The maximum absolute atomic E-state index is 12.9. The van der Waals surface area contributed by atoms with E-state index in [0.29, 0.717) is 36.0 Å². The smallest absolute Gasteiger partial charge is 0.344 e. The third-order valence-corrected chi connectivity index (χ3v) is 5.29. The molecule has 1 heterocycles. The molecule has 32 heavy (non-hydrogen) atoms. The SMILES string of the molecule is CCOc1ccc(N2C(=O)S/C(=C/c3ccc(OC(C)C(=O)O)c(OCC)c3)C2=O)cc1. The number of imide groups is 1. The molecule has 0 aliphatic carbocycles. The van der Waals surface area contributed by atoms with Gasteiger partial charge >= 0.3 is 5.97 Å². The first-order chi connectivity index (χ1) is 15.3. The summed E-state index contributed by atoms with van der Waals surface area (Å²) in [4.78, 5) is 37.8. The fourth-order valence-electron chi connectivity index (χ4n) is 2.92. The summed E-state index contributed by atoms with van der Waals surface area (Å²) in [5.41, 5.74) is 1.07. The van der Waals surface area contributed by atoms with E-state index in [-0.39, 0.29) is 10.7 Å². The Kier molecular flexibility index (Phi) is 7.42. The molecule has 0 spiro atoms. The summed E-state index contributed by atoms with van der Waals surface area (Å²) >= 11 is 0.841. The minimum Gasteiger partial charge on any atom is -0.494 e. The van der Waals surface area contributed by atoms with Crippen LogP contribution in [0.3, 0.4) is 0 Å². The molecule has 0 aromatic heterocycles. The van der Waals surface area contributed by atoms with Gasteiger partial charge in [0.15, 0.2) is 17.6 Å². The minimum atomic E-state index is -1.10. The molecule has 0 saturated carbocycles.